The molecule has 0 aliphatic rings. The van der Waals surface area contributed by atoms with E-state index < -0.39 is 10.0 Å². The molecule has 0 radical (unpaired) electrons. The SMILES string of the molecule is N#Cc1ccc(NCc2cccc(S(N)(=O)=O)c2)cc1. The van der Waals surface area contributed by atoms with E-state index in [0.29, 0.717) is 12.1 Å². The predicted molar refractivity (Wildman–Crippen MR) is 76.3 cm³/mol. The quantitative estimate of drug-likeness (QED) is 0.896. The van der Waals surface area contributed by atoms with Crippen LogP contribution in [0.5, 0.6) is 0 Å². The molecule has 0 spiro atoms. The lowest BCUT2D eigenvalue weighted by Gasteiger charge is -2.07. The van der Waals surface area contributed by atoms with E-state index in [-0.39, 0.29) is 4.90 Å². The van der Waals surface area contributed by atoms with Crippen molar-refractivity contribution >= 4 is 15.7 Å². The molecule has 0 saturated carbocycles. The van der Waals surface area contributed by atoms with Gasteiger partial charge in [-0.1, -0.05) is 12.1 Å². The highest BCUT2D eigenvalue weighted by Crippen LogP contribution is 2.13. The molecule has 0 heterocycles. The van der Waals surface area contributed by atoms with Crippen molar-refractivity contribution in [3.05, 3.63) is 59.7 Å². The topological polar surface area (TPSA) is 96.0 Å². The summed E-state index contributed by atoms with van der Waals surface area (Å²) >= 11 is 0. The molecule has 102 valence electrons. The van der Waals surface area contributed by atoms with Gasteiger partial charge in [-0.3, -0.25) is 0 Å². The molecule has 0 aliphatic carbocycles. The zero-order chi connectivity index (χ0) is 14.6. The van der Waals surface area contributed by atoms with Gasteiger partial charge in [0.25, 0.3) is 0 Å². The van der Waals surface area contributed by atoms with Gasteiger partial charge in [-0.25, -0.2) is 13.6 Å². The number of sulfonamides is 1. The third-order valence-corrected chi connectivity index (χ3v) is 3.65. The van der Waals surface area contributed by atoms with Gasteiger partial charge < -0.3 is 5.32 Å². The van der Waals surface area contributed by atoms with Gasteiger partial charge in [-0.15, -0.1) is 0 Å². The first kappa shape index (κ1) is 14.1. The first-order valence-electron chi connectivity index (χ1n) is 5.85. The third-order valence-electron chi connectivity index (χ3n) is 2.74. The highest BCUT2D eigenvalue weighted by Gasteiger charge is 2.07. The molecule has 0 atom stereocenters. The lowest BCUT2D eigenvalue weighted by Crippen LogP contribution is -2.12. The highest BCUT2D eigenvalue weighted by molar-refractivity contribution is 7.89. The Morgan fingerprint density at radius 3 is 2.45 bits per heavy atom. The van der Waals surface area contributed by atoms with E-state index in [4.69, 9.17) is 10.4 Å². The van der Waals surface area contributed by atoms with E-state index in [2.05, 4.69) is 5.32 Å². The molecule has 0 saturated heterocycles. The fourth-order valence-corrected chi connectivity index (χ4v) is 2.28. The maximum Gasteiger partial charge on any atom is 0.238 e. The van der Waals surface area contributed by atoms with E-state index >= 15 is 0 Å². The van der Waals surface area contributed by atoms with Crippen molar-refractivity contribution in [3.63, 3.8) is 0 Å². The Bertz CT molecular complexity index is 747. The number of hydrogen-bond donors (Lipinski definition) is 2. The van der Waals surface area contributed by atoms with Crippen LogP contribution in [-0.4, -0.2) is 8.42 Å². The molecule has 2 aromatic carbocycles. The molecule has 0 bridgehead atoms. The molecule has 0 amide bonds. The Labute approximate surface area is 117 Å². The third kappa shape index (κ3) is 3.57. The van der Waals surface area contributed by atoms with Crippen LogP contribution in [0.25, 0.3) is 0 Å². The van der Waals surface area contributed by atoms with Crippen LogP contribution >= 0.6 is 0 Å². The average Bonchev–Trinajstić information content (AvgIpc) is 2.45. The molecule has 0 fully saturated rings. The number of benzene rings is 2. The van der Waals surface area contributed by atoms with Crippen LogP contribution in [-0.2, 0) is 16.6 Å². The number of nitriles is 1. The molecule has 3 N–H and O–H groups in total. The fraction of sp³-hybridized carbons (Fsp3) is 0.0714. The summed E-state index contributed by atoms with van der Waals surface area (Å²) in [6.07, 6.45) is 0. The van der Waals surface area contributed by atoms with Gasteiger partial charge >= 0.3 is 0 Å². The highest BCUT2D eigenvalue weighted by atomic mass is 32.2. The zero-order valence-corrected chi connectivity index (χ0v) is 11.4. The second-order valence-electron chi connectivity index (χ2n) is 4.24. The molecular formula is C14H13N3O2S. The maximum atomic E-state index is 11.3. The van der Waals surface area contributed by atoms with Crippen LogP contribution in [0.2, 0.25) is 0 Å². The van der Waals surface area contributed by atoms with Crippen LogP contribution < -0.4 is 10.5 Å². The van der Waals surface area contributed by atoms with Crippen LogP contribution in [0.3, 0.4) is 0 Å². The number of anilines is 1. The molecule has 0 aliphatic heterocycles. The molecule has 2 aromatic rings. The Kier molecular flexibility index (Phi) is 4.03. The summed E-state index contributed by atoms with van der Waals surface area (Å²) in [7, 11) is -3.68. The number of rotatable bonds is 4. The van der Waals surface area contributed by atoms with Gasteiger partial charge in [0, 0.05) is 12.2 Å². The predicted octanol–water partition coefficient (Wildman–Crippen LogP) is 1.82. The van der Waals surface area contributed by atoms with Crippen molar-refractivity contribution in [2.75, 3.05) is 5.32 Å². The number of nitrogens with one attached hydrogen (secondary N) is 1. The average molecular weight is 287 g/mol. The molecule has 6 heteroatoms. The minimum atomic E-state index is -3.68. The first-order valence-corrected chi connectivity index (χ1v) is 7.39. The molecular weight excluding hydrogens is 274 g/mol. The Morgan fingerprint density at radius 2 is 1.85 bits per heavy atom. The Morgan fingerprint density at radius 1 is 1.15 bits per heavy atom. The summed E-state index contributed by atoms with van der Waals surface area (Å²) in [5.74, 6) is 0. The van der Waals surface area contributed by atoms with Crippen molar-refractivity contribution in [1.29, 1.82) is 5.26 Å². The van der Waals surface area contributed by atoms with Gasteiger partial charge in [0.15, 0.2) is 0 Å². The van der Waals surface area contributed by atoms with Crippen LogP contribution in [0.15, 0.2) is 53.4 Å². The smallest absolute Gasteiger partial charge is 0.238 e. The molecule has 5 nitrogen and oxygen atoms in total. The standard InChI is InChI=1S/C14H13N3O2S/c15-9-11-4-6-13(7-5-11)17-10-12-2-1-3-14(8-12)20(16,18)19/h1-8,17H,10H2,(H2,16,18,19). The second-order valence-corrected chi connectivity index (χ2v) is 5.80. The molecule has 20 heavy (non-hydrogen) atoms. The minimum absolute atomic E-state index is 0.0941. The van der Waals surface area contributed by atoms with Crippen molar-refractivity contribution in [2.45, 2.75) is 11.4 Å². The zero-order valence-electron chi connectivity index (χ0n) is 10.6. The number of nitrogens with two attached hydrogens (primary N) is 1. The Hall–Kier alpha value is -2.36. The second kappa shape index (κ2) is 5.74. The summed E-state index contributed by atoms with van der Waals surface area (Å²) in [5, 5.41) is 16.9. The van der Waals surface area contributed by atoms with Crippen molar-refractivity contribution in [2.24, 2.45) is 5.14 Å². The van der Waals surface area contributed by atoms with Crippen LogP contribution in [0, 0.1) is 11.3 Å². The van der Waals surface area contributed by atoms with Crippen molar-refractivity contribution in [1.82, 2.24) is 0 Å². The summed E-state index contributed by atoms with van der Waals surface area (Å²) < 4.78 is 22.5. The number of nitrogens with zero attached hydrogens (tertiary/aromatic N) is 1. The van der Waals surface area contributed by atoms with Gasteiger partial charge in [0.2, 0.25) is 10.0 Å². The molecule has 2 rings (SSSR count). The fourth-order valence-electron chi connectivity index (χ4n) is 1.70. The van der Waals surface area contributed by atoms with E-state index in [1.54, 1.807) is 30.3 Å². The monoisotopic (exact) mass is 287 g/mol. The van der Waals surface area contributed by atoms with E-state index in [9.17, 15) is 8.42 Å². The van der Waals surface area contributed by atoms with Crippen molar-refractivity contribution < 1.29 is 8.42 Å². The van der Waals surface area contributed by atoms with Crippen LogP contribution in [0.1, 0.15) is 11.1 Å². The molecule has 0 unspecified atom stereocenters. The van der Waals surface area contributed by atoms with E-state index in [1.807, 2.05) is 12.1 Å². The Balaban J connectivity index is 2.09. The van der Waals surface area contributed by atoms with E-state index in [0.717, 1.165) is 11.3 Å². The van der Waals surface area contributed by atoms with E-state index in [1.165, 1.54) is 12.1 Å². The normalized spacial score (nSPS) is 10.8. The van der Waals surface area contributed by atoms with Crippen molar-refractivity contribution in [3.8, 4) is 6.07 Å². The minimum Gasteiger partial charge on any atom is -0.381 e. The summed E-state index contributed by atoms with van der Waals surface area (Å²) in [5.41, 5.74) is 2.25. The number of primary sulfonamides is 1. The van der Waals surface area contributed by atoms with Gasteiger partial charge in [0.1, 0.15) is 0 Å². The lowest BCUT2D eigenvalue weighted by atomic mass is 10.2. The first-order chi connectivity index (χ1) is 9.49. The summed E-state index contributed by atoms with van der Waals surface area (Å²) in [6, 6.07) is 15.5. The largest absolute Gasteiger partial charge is 0.381 e. The van der Waals surface area contributed by atoms with Crippen LogP contribution in [0.4, 0.5) is 5.69 Å². The summed E-state index contributed by atoms with van der Waals surface area (Å²) in [6.45, 7) is 0.468. The summed E-state index contributed by atoms with van der Waals surface area (Å²) in [4.78, 5) is 0.0941. The molecule has 0 aromatic heterocycles. The van der Waals surface area contributed by atoms with Gasteiger partial charge in [-0.05, 0) is 42.0 Å². The van der Waals surface area contributed by atoms with Gasteiger partial charge in [-0.2, -0.15) is 5.26 Å². The maximum absolute atomic E-state index is 11.3. The number of hydrogen-bond acceptors (Lipinski definition) is 4. The lowest BCUT2D eigenvalue weighted by molar-refractivity contribution is 0.597. The van der Waals surface area contributed by atoms with Gasteiger partial charge in [0.05, 0.1) is 16.5 Å².